The fraction of sp³-hybridized carbons (Fsp3) is 0.559. The quantitative estimate of drug-likeness (QED) is 0.412. The van der Waals surface area contributed by atoms with E-state index in [9.17, 15) is 19.2 Å². The zero-order valence-corrected chi connectivity index (χ0v) is 27.0. The number of carbonyl (C=O) groups excluding carboxylic acids is 4. The number of nitrogens with zero attached hydrogens (tertiary/aromatic N) is 2. The Hall–Kier alpha value is -3.83. The molecule has 242 valence electrons. The Labute approximate surface area is 264 Å². The third kappa shape index (κ3) is 7.20. The lowest BCUT2D eigenvalue weighted by atomic mass is 9.73. The molecule has 1 aromatic carbocycles. The summed E-state index contributed by atoms with van der Waals surface area (Å²) in [5.74, 6) is -2.03. The molecule has 3 N–H and O–H groups in total. The average Bonchev–Trinajstić information content (AvgIpc) is 3.00. The van der Waals surface area contributed by atoms with Gasteiger partial charge in [-0.05, 0) is 77.0 Å². The Morgan fingerprint density at radius 2 is 1.73 bits per heavy atom. The first-order valence-electron chi connectivity index (χ1n) is 15.9. The number of fused-ring (bicyclic) bond motifs is 4. The summed E-state index contributed by atoms with van der Waals surface area (Å²) < 4.78 is 12.0. The molecule has 4 heterocycles. The van der Waals surface area contributed by atoms with Crippen LogP contribution in [0.1, 0.15) is 84.5 Å². The van der Waals surface area contributed by atoms with Gasteiger partial charge >= 0.3 is 5.97 Å². The van der Waals surface area contributed by atoms with E-state index in [1.807, 2.05) is 63.3 Å². The van der Waals surface area contributed by atoms with Gasteiger partial charge in [0.2, 0.25) is 5.91 Å². The number of aromatic nitrogens is 1. The Balaban J connectivity index is 1.55. The van der Waals surface area contributed by atoms with Crippen LogP contribution in [0.4, 0.5) is 0 Å². The number of amides is 3. The molecular formula is C34H45N5O6. The molecule has 11 nitrogen and oxygen atoms in total. The number of cyclic esters (lactones) is 1. The molecule has 0 saturated carbocycles. The Morgan fingerprint density at radius 3 is 2.47 bits per heavy atom. The number of pyridine rings is 1. The van der Waals surface area contributed by atoms with Crippen molar-refractivity contribution < 1.29 is 28.7 Å². The minimum atomic E-state index is -1.12. The summed E-state index contributed by atoms with van der Waals surface area (Å²) in [5.41, 5.74) is 3.72. The van der Waals surface area contributed by atoms with Gasteiger partial charge in [0.25, 0.3) is 11.8 Å². The first-order chi connectivity index (χ1) is 21.3. The summed E-state index contributed by atoms with van der Waals surface area (Å²) in [7, 11) is 0. The van der Waals surface area contributed by atoms with Crippen LogP contribution in [-0.2, 0) is 28.7 Å². The number of hydrazine groups is 1. The van der Waals surface area contributed by atoms with Gasteiger partial charge in [0.1, 0.15) is 12.1 Å². The van der Waals surface area contributed by atoms with Gasteiger partial charge in [-0.25, -0.2) is 5.43 Å². The second-order valence-corrected chi connectivity index (χ2v) is 13.6. The summed E-state index contributed by atoms with van der Waals surface area (Å²) in [6, 6.07) is 7.84. The van der Waals surface area contributed by atoms with Gasteiger partial charge in [0.05, 0.1) is 28.3 Å². The van der Waals surface area contributed by atoms with Crippen LogP contribution >= 0.6 is 0 Å². The van der Waals surface area contributed by atoms with E-state index in [1.165, 1.54) is 5.01 Å². The van der Waals surface area contributed by atoms with Crippen molar-refractivity contribution in [1.29, 1.82) is 0 Å². The maximum atomic E-state index is 14.1. The van der Waals surface area contributed by atoms with Gasteiger partial charge in [-0.2, -0.15) is 0 Å². The van der Waals surface area contributed by atoms with Crippen LogP contribution in [0.25, 0.3) is 17.0 Å². The molecule has 0 aliphatic carbocycles. The molecule has 5 atom stereocenters. The lowest BCUT2D eigenvalue weighted by Gasteiger charge is -2.42. The van der Waals surface area contributed by atoms with Crippen LogP contribution < -0.4 is 16.1 Å². The van der Waals surface area contributed by atoms with Crippen molar-refractivity contribution in [2.75, 3.05) is 13.2 Å². The monoisotopic (exact) mass is 619 g/mol. The second-order valence-electron chi connectivity index (χ2n) is 13.6. The zero-order chi connectivity index (χ0) is 32.5. The van der Waals surface area contributed by atoms with E-state index in [2.05, 4.69) is 16.1 Å². The number of rotatable bonds is 1. The number of benzene rings is 1. The maximum Gasteiger partial charge on any atom is 0.316 e. The summed E-state index contributed by atoms with van der Waals surface area (Å²) in [6.45, 7) is 11.7. The minimum Gasteiger partial charge on any atom is -0.451 e. The summed E-state index contributed by atoms with van der Waals surface area (Å²) in [6.07, 6.45) is 4.58. The van der Waals surface area contributed by atoms with Crippen molar-refractivity contribution in [3.05, 3.63) is 47.7 Å². The van der Waals surface area contributed by atoms with E-state index in [4.69, 9.17) is 14.5 Å². The fourth-order valence-corrected chi connectivity index (χ4v) is 6.38. The molecule has 1 unspecified atom stereocenters. The molecule has 3 amide bonds. The van der Waals surface area contributed by atoms with Gasteiger partial charge in [-0.15, -0.1) is 0 Å². The SMILES string of the molecule is CC(C)[C@@H]1OC(=O)[C@]2(/C=C/c3ccc4ccc(nc4c3)[C@@H](C)NC(=O)C3CCCN(N3)C(=O)[C@H](C)NC1=O)CCOC(C)(C)C2. The number of hydrogen-bond acceptors (Lipinski definition) is 8. The van der Waals surface area contributed by atoms with Crippen molar-refractivity contribution in [3.63, 3.8) is 0 Å². The lowest BCUT2D eigenvalue weighted by Crippen LogP contribution is -2.61. The normalized spacial score (nSPS) is 30.6. The predicted molar refractivity (Wildman–Crippen MR) is 169 cm³/mol. The molecule has 3 aliphatic rings. The molecule has 2 aromatic rings. The molecular weight excluding hydrogens is 574 g/mol. The van der Waals surface area contributed by atoms with Gasteiger partial charge < -0.3 is 20.1 Å². The van der Waals surface area contributed by atoms with Crippen molar-refractivity contribution in [2.45, 2.75) is 97.1 Å². The molecule has 45 heavy (non-hydrogen) atoms. The number of nitrogens with one attached hydrogen (secondary N) is 3. The van der Waals surface area contributed by atoms with Crippen LogP contribution in [0.2, 0.25) is 0 Å². The number of esters is 1. The molecule has 5 rings (SSSR count). The lowest BCUT2D eigenvalue weighted by molar-refractivity contribution is -0.177. The highest BCUT2D eigenvalue weighted by atomic mass is 16.6. The van der Waals surface area contributed by atoms with E-state index in [-0.39, 0.29) is 23.8 Å². The van der Waals surface area contributed by atoms with Crippen molar-refractivity contribution in [3.8, 4) is 0 Å². The third-order valence-electron chi connectivity index (χ3n) is 8.92. The highest BCUT2D eigenvalue weighted by Gasteiger charge is 2.47. The van der Waals surface area contributed by atoms with Crippen LogP contribution in [0.3, 0.4) is 0 Å². The predicted octanol–water partition coefficient (Wildman–Crippen LogP) is 3.58. The molecule has 5 bridgehead atoms. The number of hydrogen-bond donors (Lipinski definition) is 3. The van der Waals surface area contributed by atoms with Crippen LogP contribution in [0.5, 0.6) is 0 Å². The smallest absolute Gasteiger partial charge is 0.316 e. The average molecular weight is 620 g/mol. The number of carbonyl (C=O) groups is 4. The fourth-order valence-electron chi connectivity index (χ4n) is 6.38. The van der Waals surface area contributed by atoms with E-state index < -0.39 is 41.1 Å². The minimum absolute atomic E-state index is 0.238. The Kier molecular flexibility index (Phi) is 9.32. The summed E-state index contributed by atoms with van der Waals surface area (Å²) in [5, 5.41) is 8.12. The second kappa shape index (κ2) is 12.9. The molecule has 1 aromatic heterocycles. The highest BCUT2D eigenvalue weighted by molar-refractivity contribution is 5.92. The Morgan fingerprint density at radius 1 is 1.00 bits per heavy atom. The standard InChI is InChI=1S/C34H45N5O6/c1-20(2)28-30(41)36-22(4)31(42)39-16-7-8-26(38-39)29(40)35-21(3)25-12-11-24-10-9-23(18-27(24)37-25)13-14-34(32(43)45-28)15-17-44-33(5,6)19-34/h9-14,18,20-22,26,28,38H,7-8,15-17,19H2,1-6H3,(H,35,40)(H,36,41)/b14-13+/t21-,22+,26?,28+,34-/m1/s1. The first-order valence-corrected chi connectivity index (χ1v) is 15.9. The van der Waals surface area contributed by atoms with Gasteiger partial charge in [0.15, 0.2) is 6.10 Å². The van der Waals surface area contributed by atoms with Crippen LogP contribution in [0, 0.1) is 11.3 Å². The van der Waals surface area contributed by atoms with Gasteiger partial charge in [-0.3, -0.25) is 29.2 Å². The van der Waals surface area contributed by atoms with Crippen molar-refractivity contribution in [2.24, 2.45) is 11.3 Å². The highest BCUT2D eigenvalue weighted by Crippen LogP contribution is 2.42. The molecule has 3 aliphatic heterocycles. The topological polar surface area (TPSA) is 139 Å². The van der Waals surface area contributed by atoms with Crippen LogP contribution in [-0.4, -0.2) is 70.6 Å². The van der Waals surface area contributed by atoms with Gasteiger partial charge in [-0.1, -0.05) is 44.2 Å². The van der Waals surface area contributed by atoms with Gasteiger partial charge in [0, 0.05) is 18.5 Å². The summed E-state index contributed by atoms with van der Waals surface area (Å²) in [4.78, 5) is 59.1. The molecule has 0 radical (unpaired) electrons. The molecule has 2 saturated heterocycles. The third-order valence-corrected chi connectivity index (χ3v) is 8.92. The first kappa shape index (κ1) is 32.6. The van der Waals surface area contributed by atoms with E-state index in [0.717, 1.165) is 16.5 Å². The zero-order valence-electron chi connectivity index (χ0n) is 27.0. The van der Waals surface area contributed by atoms with E-state index in [1.54, 1.807) is 20.8 Å². The molecule has 11 heteroatoms. The van der Waals surface area contributed by atoms with Crippen molar-refractivity contribution >= 4 is 40.7 Å². The maximum absolute atomic E-state index is 14.1. The Bertz CT molecular complexity index is 1510. The van der Waals surface area contributed by atoms with E-state index >= 15 is 0 Å². The molecule has 2 fully saturated rings. The van der Waals surface area contributed by atoms with Crippen molar-refractivity contribution in [1.82, 2.24) is 26.1 Å². The van der Waals surface area contributed by atoms with Crippen LogP contribution in [0.15, 0.2) is 36.4 Å². The largest absolute Gasteiger partial charge is 0.451 e. The summed E-state index contributed by atoms with van der Waals surface area (Å²) >= 11 is 0. The van der Waals surface area contributed by atoms with E-state index in [0.29, 0.717) is 44.5 Å². The number of ether oxygens (including phenoxy) is 2. The molecule has 1 spiro atoms.